The monoisotopic (exact) mass is 258 g/mol. The van der Waals surface area contributed by atoms with Crippen LogP contribution in [0, 0.1) is 11.8 Å². The smallest absolute Gasteiger partial charge is 0.146 e. The first kappa shape index (κ1) is 10.2. The summed E-state index contributed by atoms with van der Waals surface area (Å²) in [5.74, 6) is 1.64. The van der Waals surface area contributed by atoms with Crippen LogP contribution in [-0.4, -0.2) is 5.11 Å². The van der Waals surface area contributed by atoms with E-state index in [9.17, 15) is 5.11 Å². The molecule has 1 aromatic rings. The highest BCUT2D eigenvalue weighted by molar-refractivity contribution is 9.10. The molecule has 1 aromatic heterocycles. The average molecular weight is 259 g/mol. The number of aliphatic hydroxyl groups excluding tert-OH is 1. The van der Waals surface area contributed by atoms with Crippen LogP contribution >= 0.6 is 15.9 Å². The summed E-state index contributed by atoms with van der Waals surface area (Å²) in [7, 11) is 0. The molecule has 1 N–H and O–H groups in total. The predicted molar refractivity (Wildman–Crippen MR) is 57.9 cm³/mol. The SMILES string of the molecule is CC1CCCC1C(O)c1occc1Br. The van der Waals surface area contributed by atoms with Crippen molar-refractivity contribution in [1.82, 2.24) is 0 Å². The van der Waals surface area contributed by atoms with E-state index in [0.717, 1.165) is 10.9 Å². The Kier molecular flexibility index (Phi) is 2.98. The van der Waals surface area contributed by atoms with Crippen molar-refractivity contribution < 1.29 is 9.52 Å². The molecule has 3 unspecified atom stereocenters. The van der Waals surface area contributed by atoms with Gasteiger partial charge in [-0.1, -0.05) is 19.8 Å². The van der Waals surface area contributed by atoms with Crippen molar-refractivity contribution in [2.24, 2.45) is 11.8 Å². The largest absolute Gasteiger partial charge is 0.465 e. The predicted octanol–water partition coefficient (Wildman–Crippen LogP) is 3.51. The van der Waals surface area contributed by atoms with Gasteiger partial charge in [0.1, 0.15) is 11.9 Å². The van der Waals surface area contributed by atoms with Crippen molar-refractivity contribution in [3.63, 3.8) is 0 Å². The zero-order valence-corrected chi connectivity index (χ0v) is 9.83. The number of hydrogen-bond acceptors (Lipinski definition) is 2. The van der Waals surface area contributed by atoms with Crippen molar-refractivity contribution >= 4 is 15.9 Å². The maximum absolute atomic E-state index is 10.1. The number of hydrogen-bond donors (Lipinski definition) is 1. The lowest BCUT2D eigenvalue weighted by Gasteiger charge is -2.20. The van der Waals surface area contributed by atoms with Crippen molar-refractivity contribution in [1.29, 1.82) is 0 Å². The second-order valence-electron chi connectivity index (χ2n) is 4.15. The lowest BCUT2D eigenvalue weighted by atomic mass is 9.91. The maximum Gasteiger partial charge on any atom is 0.146 e. The molecule has 1 fully saturated rings. The highest BCUT2D eigenvalue weighted by Gasteiger charge is 2.33. The molecule has 1 heterocycles. The van der Waals surface area contributed by atoms with Crippen LogP contribution in [0.25, 0.3) is 0 Å². The fourth-order valence-electron chi connectivity index (χ4n) is 2.35. The van der Waals surface area contributed by atoms with Gasteiger partial charge in [-0.25, -0.2) is 0 Å². The van der Waals surface area contributed by atoms with Gasteiger partial charge in [-0.3, -0.25) is 0 Å². The third kappa shape index (κ3) is 1.75. The molecular formula is C11H15BrO2. The van der Waals surface area contributed by atoms with E-state index in [4.69, 9.17) is 4.42 Å². The molecule has 2 nitrogen and oxygen atoms in total. The highest BCUT2D eigenvalue weighted by Crippen LogP contribution is 2.41. The summed E-state index contributed by atoms with van der Waals surface area (Å²) in [5.41, 5.74) is 0. The molecule has 1 aliphatic carbocycles. The van der Waals surface area contributed by atoms with E-state index in [1.165, 1.54) is 12.8 Å². The third-order valence-electron chi connectivity index (χ3n) is 3.25. The van der Waals surface area contributed by atoms with Crippen LogP contribution in [0.1, 0.15) is 38.1 Å². The molecule has 0 amide bonds. The zero-order chi connectivity index (χ0) is 10.1. The second kappa shape index (κ2) is 4.07. The maximum atomic E-state index is 10.1. The van der Waals surface area contributed by atoms with E-state index in [1.807, 2.05) is 6.07 Å². The molecule has 0 saturated heterocycles. The van der Waals surface area contributed by atoms with Crippen LogP contribution in [0.15, 0.2) is 21.2 Å². The van der Waals surface area contributed by atoms with Crippen molar-refractivity contribution in [2.45, 2.75) is 32.3 Å². The highest BCUT2D eigenvalue weighted by atomic mass is 79.9. The molecule has 1 aliphatic rings. The van der Waals surface area contributed by atoms with Gasteiger partial charge in [-0.2, -0.15) is 0 Å². The normalized spacial score (nSPS) is 29.4. The summed E-state index contributed by atoms with van der Waals surface area (Å²) in [4.78, 5) is 0. The Bertz CT molecular complexity index is 308. The molecule has 0 aliphatic heterocycles. The molecule has 3 atom stereocenters. The van der Waals surface area contributed by atoms with Gasteiger partial charge >= 0.3 is 0 Å². The van der Waals surface area contributed by atoms with Gasteiger partial charge in [0.05, 0.1) is 10.7 Å². The summed E-state index contributed by atoms with van der Waals surface area (Å²) >= 11 is 3.38. The second-order valence-corrected chi connectivity index (χ2v) is 5.00. The fraction of sp³-hybridized carbons (Fsp3) is 0.636. The minimum atomic E-state index is -0.447. The summed E-state index contributed by atoms with van der Waals surface area (Å²) < 4.78 is 6.17. The summed E-state index contributed by atoms with van der Waals surface area (Å²) in [5, 5.41) is 10.1. The van der Waals surface area contributed by atoms with Crippen LogP contribution in [0.5, 0.6) is 0 Å². The van der Waals surface area contributed by atoms with Gasteiger partial charge < -0.3 is 9.52 Å². The van der Waals surface area contributed by atoms with Crippen LogP contribution in [0.4, 0.5) is 0 Å². The van der Waals surface area contributed by atoms with E-state index in [2.05, 4.69) is 22.9 Å². The number of halogens is 1. The standard InChI is InChI=1S/C11H15BrO2/c1-7-3-2-4-8(7)10(13)11-9(12)5-6-14-11/h5-8,10,13H,2-4H2,1H3. The topological polar surface area (TPSA) is 33.4 Å². The molecule has 3 heteroatoms. The van der Waals surface area contributed by atoms with E-state index >= 15 is 0 Å². The quantitative estimate of drug-likeness (QED) is 0.881. The molecule has 0 radical (unpaired) electrons. The molecule has 14 heavy (non-hydrogen) atoms. The Hall–Kier alpha value is -0.280. The number of rotatable bonds is 2. The molecule has 0 bridgehead atoms. The zero-order valence-electron chi connectivity index (χ0n) is 8.24. The first-order valence-corrected chi connectivity index (χ1v) is 5.90. The van der Waals surface area contributed by atoms with E-state index < -0.39 is 6.10 Å². The minimum Gasteiger partial charge on any atom is -0.465 e. The Morgan fingerprint density at radius 2 is 2.36 bits per heavy atom. The van der Waals surface area contributed by atoms with Crippen molar-refractivity contribution in [3.8, 4) is 0 Å². The number of furan rings is 1. The van der Waals surface area contributed by atoms with Crippen LogP contribution in [0.2, 0.25) is 0 Å². The molecule has 0 spiro atoms. The van der Waals surface area contributed by atoms with E-state index in [1.54, 1.807) is 6.26 Å². The van der Waals surface area contributed by atoms with Gasteiger partial charge in [0.15, 0.2) is 0 Å². The first-order chi connectivity index (χ1) is 6.70. The van der Waals surface area contributed by atoms with Crippen molar-refractivity contribution in [2.75, 3.05) is 0 Å². The third-order valence-corrected chi connectivity index (χ3v) is 3.90. The first-order valence-electron chi connectivity index (χ1n) is 5.11. The van der Waals surface area contributed by atoms with Crippen LogP contribution in [-0.2, 0) is 0 Å². The summed E-state index contributed by atoms with van der Waals surface area (Å²) in [6.07, 6.45) is 4.72. The fourth-order valence-corrected chi connectivity index (χ4v) is 2.79. The lowest BCUT2D eigenvalue weighted by molar-refractivity contribution is 0.0688. The van der Waals surface area contributed by atoms with E-state index in [-0.39, 0.29) is 0 Å². The molecule has 78 valence electrons. The summed E-state index contributed by atoms with van der Waals surface area (Å²) in [6, 6.07) is 1.83. The van der Waals surface area contributed by atoms with Crippen LogP contribution in [0.3, 0.4) is 0 Å². The van der Waals surface area contributed by atoms with Gasteiger partial charge in [-0.05, 0) is 40.3 Å². The molecule has 2 rings (SSSR count). The Morgan fingerprint density at radius 1 is 1.57 bits per heavy atom. The Balaban J connectivity index is 2.15. The molecule has 1 saturated carbocycles. The number of aliphatic hydroxyl groups is 1. The van der Waals surface area contributed by atoms with Gasteiger partial charge in [0, 0.05) is 0 Å². The van der Waals surface area contributed by atoms with Gasteiger partial charge in [-0.15, -0.1) is 0 Å². The lowest BCUT2D eigenvalue weighted by Crippen LogP contribution is -2.14. The Morgan fingerprint density at radius 3 is 2.86 bits per heavy atom. The average Bonchev–Trinajstić information content (AvgIpc) is 2.73. The van der Waals surface area contributed by atoms with Crippen LogP contribution < -0.4 is 0 Å². The Labute approximate surface area is 92.4 Å². The minimum absolute atomic E-state index is 0.359. The van der Waals surface area contributed by atoms with Gasteiger partial charge in [0.2, 0.25) is 0 Å². The summed E-state index contributed by atoms with van der Waals surface area (Å²) in [6.45, 7) is 2.21. The van der Waals surface area contributed by atoms with Gasteiger partial charge in [0.25, 0.3) is 0 Å². The van der Waals surface area contributed by atoms with E-state index in [0.29, 0.717) is 17.6 Å². The molecular weight excluding hydrogens is 244 g/mol. The molecule has 0 aromatic carbocycles. The van der Waals surface area contributed by atoms with Crippen molar-refractivity contribution in [3.05, 3.63) is 22.6 Å².